The van der Waals surface area contributed by atoms with Crippen molar-refractivity contribution in [3.8, 4) is 40.2 Å². The zero-order chi connectivity index (χ0) is 47.4. The van der Waals surface area contributed by atoms with E-state index >= 15 is 0 Å². The number of aryl methyl sites for hydroxylation is 1. The van der Waals surface area contributed by atoms with Crippen molar-refractivity contribution in [3.63, 3.8) is 0 Å². The highest BCUT2D eigenvalue weighted by molar-refractivity contribution is 5.69. The number of unbranched alkanes of at least 4 members (excludes halogenated alkanes) is 2. The Labute approximate surface area is 391 Å². The average molecular weight is 913 g/mol. The zero-order valence-electron chi connectivity index (χ0n) is 40.9. The molecule has 4 aromatic rings. The molecule has 0 aliphatic carbocycles. The quantitative estimate of drug-likeness (QED) is 0.0406. The summed E-state index contributed by atoms with van der Waals surface area (Å²) in [7, 11) is 16.1. The first-order valence-corrected chi connectivity index (χ1v) is 23.2. The third-order valence-corrected chi connectivity index (χ3v) is 14.0. The monoisotopic (exact) mass is 913 g/mol. The molecule has 66 heavy (non-hydrogen) atoms. The molecule has 2 heterocycles. The van der Waals surface area contributed by atoms with Gasteiger partial charge in [0.05, 0.1) is 116 Å². The van der Waals surface area contributed by atoms with Crippen molar-refractivity contribution in [2.24, 2.45) is 0 Å². The first kappa shape index (κ1) is 49.8. The molecule has 0 radical (unpaired) electrons. The Morgan fingerprint density at radius 2 is 0.894 bits per heavy atom. The predicted molar refractivity (Wildman–Crippen MR) is 254 cm³/mol. The number of carbonyl (C=O) groups is 2. The van der Waals surface area contributed by atoms with Crippen LogP contribution in [0.25, 0.3) is 0 Å². The van der Waals surface area contributed by atoms with Gasteiger partial charge in [0.15, 0.2) is 34.5 Å². The standard InChI is InChI=1S/C53H72N2O11/c1-36-14-15-37(30-46(36)59-5)28-43-41-34-50(63-9)48(61-7)32-39(41)18-22-54(43,2)24-20-52(56)65-26-12-11-13-27-66-53(57)21-25-55(3)23-19-40-33-49(62-8)51(64-10)35-42(40)44(55)29-38-16-17-45(58-4)47(31-38)60-6/h14-17,30-35,43-44H,11-13,18-29H2,1-10H3/q+2/t43?,44-,54-,55-/m1/s1. The molecule has 6 rings (SSSR count). The van der Waals surface area contributed by atoms with Crippen LogP contribution in [0.2, 0.25) is 0 Å². The second kappa shape index (κ2) is 22.7. The van der Waals surface area contributed by atoms with E-state index in [4.69, 9.17) is 42.6 Å². The van der Waals surface area contributed by atoms with Crippen LogP contribution in [-0.2, 0) is 44.7 Å². The number of rotatable bonds is 23. The summed E-state index contributed by atoms with van der Waals surface area (Å²) < 4.78 is 52.4. The molecule has 0 amide bonds. The summed E-state index contributed by atoms with van der Waals surface area (Å²) in [5, 5.41) is 0. The van der Waals surface area contributed by atoms with E-state index in [1.54, 1.807) is 49.8 Å². The Hall–Kier alpha value is -5.66. The number of hydrogen-bond acceptors (Lipinski definition) is 11. The van der Waals surface area contributed by atoms with Crippen LogP contribution in [0.5, 0.6) is 40.2 Å². The molecule has 4 atom stereocenters. The van der Waals surface area contributed by atoms with Gasteiger partial charge in [-0.05, 0) is 96.5 Å². The molecular formula is C53H72N2O11+2. The molecule has 4 aromatic carbocycles. The van der Waals surface area contributed by atoms with Crippen LogP contribution in [0.15, 0.2) is 60.7 Å². The highest BCUT2D eigenvalue weighted by atomic mass is 16.5. The van der Waals surface area contributed by atoms with Crippen molar-refractivity contribution in [3.05, 3.63) is 99.6 Å². The molecule has 2 aliphatic heterocycles. The number of fused-ring (bicyclic) bond motifs is 2. The van der Waals surface area contributed by atoms with Gasteiger partial charge in [-0.15, -0.1) is 0 Å². The molecule has 358 valence electrons. The normalized spacial score (nSPS) is 19.7. The Balaban J connectivity index is 0.983. The third-order valence-electron chi connectivity index (χ3n) is 14.0. The van der Waals surface area contributed by atoms with Crippen LogP contribution in [0.3, 0.4) is 0 Å². The summed E-state index contributed by atoms with van der Waals surface area (Å²) in [5.41, 5.74) is 8.22. The van der Waals surface area contributed by atoms with Gasteiger partial charge in [0, 0.05) is 36.8 Å². The number of carbonyl (C=O) groups excluding carboxylic acids is 2. The number of benzene rings is 4. The van der Waals surface area contributed by atoms with Gasteiger partial charge in [0.2, 0.25) is 0 Å². The summed E-state index contributed by atoms with van der Waals surface area (Å²) >= 11 is 0. The summed E-state index contributed by atoms with van der Waals surface area (Å²) in [6.45, 7) is 5.69. The molecular weight excluding hydrogens is 841 g/mol. The number of esters is 2. The SMILES string of the molecule is COc1cc(CC2c3cc(OC)c(OC)cc3CC[N@+]2(C)CCC(=O)OCCCCCOC(=O)CC[N@@+]2(C)CCc3cc(OC)c(OC)cc3[C@H]2Cc2ccc(OC)c(OC)c2)ccc1C. The van der Waals surface area contributed by atoms with Gasteiger partial charge in [0.25, 0.3) is 0 Å². The lowest BCUT2D eigenvalue weighted by atomic mass is 9.86. The van der Waals surface area contributed by atoms with E-state index in [-0.39, 0.29) is 24.0 Å². The van der Waals surface area contributed by atoms with E-state index in [9.17, 15) is 9.59 Å². The van der Waals surface area contributed by atoms with Gasteiger partial charge >= 0.3 is 11.9 Å². The molecule has 0 bridgehead atoms. The van der Waals surface area contributed by atoms with Crippen LogP contribution >= 0.6 is 0 Å². The van der Waals surface area contributed by atoms with Crippen molar-refractivity contribution in [2.75, 3.05) is 103 Å². The molecule has 0 fully saturated rings. The second-order valence-electron chi connectivity index (χ2n) is 18.1. The molecule has 0 aromatic heterocycles. The summed E-state index contributed by atoms with van der Waals surface area (Å²) in [4.78, 5) is 26.4. The zero-order valence-corrected chi connectivity index (χ0v) is 40.9. The van der Waals surface area contributed by atoms with Gasteiger partial charge in [-0.25, -0.2) is 0 Å². The fourth-order valence-electron chi connectivity index (χ4n) is 9.89. The maximum absolute atomic E-state index is 13.2. The fraction of sp³-hybridized carbons (Fsp3) is 0.509. The maximum atomic E-state index is 13.2. The Morgan fingerprint density at radius 1 is 0.500 bits per heavy atom. The van der Waals surface area contributed by atoms with Gasteiger partial charge in [-0.3, -0.25) is 9.59 Å². The lowest BCUT2D eigenvalue weighted by Gasteiger charge is -2.46. The van der Waals surface area contributed by atoms with Gasteiger partial charge in [0.1, 0.15) is 17.8 Å². The van der Waals surface area contributed by atoms with Crippen molar-refractivity contribution in [2.45, 2.75) is 76.8 Å². The van der Waals surface area contributed by atoms with Crippen molar-refractivity contribution < 1.29 is 61.2 Å². The summed E-state index contributed by atoms with van der Waals surface area (Å²) in [6, 6.07) is 20.9. The summed E-state index contributed by atoms with van der Waals surface area (Å²) in [6.07, 6.45) is 5.98. The van der Waals surface area contributed by atoms with Gasteiger partial charge in [-0.1, -0.05) is 18.2 Å². The highest BCUT2D eigenvalue weighted by Crippen LogP contribution is 2.45. The van der Waals surface area contributed by atoms with E-state index in [0.29, 0.717) is 89.7 Å². The lowest BCUT2D eigenvalue weighted by molar-refractivity contribution is -0.940. The first-order chi connectivity index (χ1) is 31.8. The molecule has 13 heteroatoms. The fourth-order valence-corrected chi connectivity index (χ4v) is 9.89. The van der Waals surface area contributed by atoms with Crippen LogP contribution in [0.1, 0.15) is 83.1 Å². The average Bonchev–Trinajstić information content (AvgIpc) is 3.33. The lowest BCUT2D eigenvalue weighted by Crippen LogP contribution is -2.53. The minimum absolute atomic E-state index is 0.0433. The second-order valence-corrected chi connectivity index (χ2v) is 18.1. The summed E-state index contributed by atoms with van der Waals surface area (Å²) in [5.74, 6) is 4.63. The Morgan fingerprint density at radius 3 is 1.33 bits per heavy atom. The number of quaternary nitrogens is 2. The van der Waals surface area contributed by atoms with Crippen LogP contribution in [0, 0.1) is 6.92 Å². The largest absolute Gasteiger partial charge is 0.496 e. The molecule has 0 saturated carbocycles. The van der Waals surface area contributed by atoms with Crippen molar-refractivity contribution >= 4 is 11.9 Å². The molecule has 1 unspecified atom stereocenters. The van der Waals surface area contributed by atoms with E-state index in [1.165, 1.54) is 27.8 Å². The van der Waals surface area contributed by atoms with Crippen molar-refractivity contribution in [1.29, 1.82) is 0 Å². The minimum atomic E-state index is -0.210. The molecule has 2 aliphatic rings. The minimum Gasteiger partial charge on any atom is -0.496 e. The third kappa shape index (κ3) is 11.6. The number of hydrogen-bond donors (Lipinski definition) is 0. The van der Waals surface area contributed by atoms with E-state index in [0.717, 1.165) is 67.8 Å². The van der Waals surface area contributed by atoms with Crippen LogP contribution in [0.4, 0.5) is 0 Å². The van der Waals surface area contributed by atoms with E-state index < -0.39 is 0 Å². The molecule has 0 saturated heterocycles. The number of ether oxygens (including phenoxy) is 9. The Kier molecular flexibility index (Phi) is 17.1. The van der Waals surface area contributed by atoms with Crippen LogP contribution in [-0.4, -0.2) is 124 Å². The molecule has 13 nitrogen and oxygen atoms in total. The topological polar surface area (TPSA) is 117 Å². The van der Waals surface area contributed by atoms with E-state index in [1.807, 2.05) is 19.1 Å². The Bertz CT molecular complexity index is 2300. The number of likely N-dealkylation sites (N-methyl/N-ethyl adjacent to an activating group) is 2. The van der Waals surface area contributed by atoms with Crippen LogP contribution < -0.4 is 33.2 Å². The highest BCUT2D eigenvalue weighted by Gasteiger charge is 2.42. The number of methoxy groups -OCH3 is 7. The predicted octanol–water partition coefficient (Wildman–Crippen LogP) is 8.37. The van der Waals surface area contributed by atoms with E-state index in [2.05, 4.69) is 62.6 Å². The van der Waals surface area contributed by atoms with Gasteiger partial charge < -0.3 is 51.6 Å². The van der Waals surface area contributed by atoms with Crippen molar-refractivity contribution in [1.82, 2.24) is 0 Å². The number of nitrogens with zero attached hydrogens (tertiary/aromatic N) is 2. The van der Waals surface area contributed by atoms with Gasteiger partial charge in [-0.2, -0.15) is 0 Å². The molecule has 0 spiro atoms. The molecule has 0 N–H and O–H groups in total. The smallest absolute Gasteiger partial charge is 0.311 e. The maximum Gasteiger partial charge on any atom is 0.311 e. The first-order valence-electron chi connectivity index (χ1n) is 23.2.